The predicted molar refractivity (Wildman–Crippen MR) is 73.7 cm³/mol. The first-order valence-corrected chi connectivity index (χ1v) is 7.01. The van der Waals surface area contributed by atoms with E-state index in [0.29, 0.717) is 11.4 Å². The van der Waals surface area contributed by atoms with Gasteiger partial charge >= 0.3 is 10.2 Å². The molecule has 7 heteroatoms. The van der Waals surface area contributed by atoms with Crippen LogP contribution in [0.5, 0.6) is 0 Å². The molecule has 1 aromatic heterocycles. The minimum atomic E-state index is -3.50. The molecule has 0 atom stereocenters. The minimum absolute atomic E-state index is 0.483. The van der Waals surface area contributed by atoms with Crippen molar-refractivity contribution in [3.05, 3.63) is 42.6 Å². The summed E-state index contributed by atoms with van der Waals surface area (Å²) in [5, 5.41) is 7.78. The van der Waals surface area contributed by atoms with E-state index in [0.717, 1.165) is 9.87 Å². The van der Waals surface area contributed by atoms with Gasteiger partial charge in [-0.15, -0.1) is 0 Å². The van der Waals surface area contributed by atoms with Crippen molar-refractivity contribution in [2.24, 2.45) is 0 Å². The predicted octanol–water partition coefficient (Wildman–Crippen LogP) is 1.36. The fourth-order valence-corrected chi connectivity index (χ4v) is 2.05. The SMILES string of the molecule is CN(C)S(=O)(=O)Nc1cccc(-c2cccnn2)c1. The molecule has 0 amide bonds. The zero-order chi connectivity index (χ0) is 13.9. The molecular weight excluding hydrogens is 264 g/mol. The molecule has 1 aromatic carbocycles. The van der Waals surface area contributed by atoms with Crippen molar-refractivity contribution < 1.29 is 8.42 Å². The van der Waals surface area contributed by atoms with Crippen LogP contribution in [0.15, 0.2) is 42.6 Å². The van der Waals surface area contributed by atoms with E-state index < -0.39 is 10.2 Å². The van der Waals surface area contributed by atoms with E-state index in [4.69, 9.17) is 0 Å². The van der Waals surface area contributed by atoms with Gasteiger partial charge in [-0.1, -0.05) is 12.1 Å². The van der Waals surface area contributed by atoms with Gasteiger partial charge in [-0.3, -0.25) is 4.72 Å². The van der Waals surface area contributed by atoms with Crippen LogP contribution in [0, 0.1) is 0 Å². The molecule has 0 aliphatic rings. The van der Waals surface area contributed by atoms with E-state index >= 15 is 0 Å². The summed E-state index contributed by atoms with van der Waals surface area (Å²) in [6.45, 7) is 0. The van der Waals surface area contributed by atoms with Gasteiger partial charge in [-0.25, -0.2) is 0 Å². The molecule has 0 unspecified atom stereocenters. The highest BCUT2D eigenvalue weighted by atomic mass is 32.2. The van der Waals surface area contributed by atoms with Gasteiger partial charge in [-0.05, 0) is 24.3 Å². The highest BCUT2D eigenvalue weighted by molar-refractivity contribution is 7.90. The van der Waals surface area contributed by atoms with Gasteiger partial charge in [0.2, 0.25) is 0 Å². The van der Waals surface area contributed by atoms with Crippen LogP contribution < -0.4 is 4.72 Å². The van der Waals surface area contributed by atoms with Gasteiger partial charge in [0.1, 0.15) is 0 Å². The molecule has 0 saturated carbocycles. The standard InChI is InChI=1S/C12H14N4O2S/c1-16(2)19(17,18)15-11-6-3-5-10(9-11)12-7-4-8-13-14-12/h3-9,15H,1-2H3. The molecule has 19 heavy (non-hydrogen) atoms. The smallest absolute Gasteiger partial charge is 0.271 e. The normalized spacial score (nSPS) is 11.5. The Labute approximate surface area is 112 Å². The first-order valence-electron chi connectivity index (χ1n) is 5.57. The second-order valence-corrected chi connectivity index (χ2v) is 5.96. The van der Waals surface area contributed by atoms with Crippen LogP contribution in [0.25, 0.3) is 11.3 Å². The summed E-state index contributed by atoms with van der Waals surface area (Å²) < 4.78 is 27.1. The van der Waals surface area contributed by atoms with Crippen LogP contribution >= 0.6 is 0 Å². The third kappa shape index (κ3) is 3.27. The number of anilines is 1. The number of nitrogens with one attached hydrogen (secondary N) is 1. The number of aromatic nitrogens is 2. The molecule has 100 valence electrons. The molecule has 0 fully saturated rings. The van der Waals surface area contributed by atoms with E-state index in [9.17, 15) is 8.42 Å². The van der Waals surface area contributed by atoms with Crippen LogP contribution in [-0.4, -0.2) is 37.0 Å². The van der Waals surface area contributed by atoms with Crippen LogP contribution in [0.4, 0.5) is 5.69 Å². The van der Waals surface area contributed by atoms with Gasteiger partial charge < -0.3 is 0 Å². The molecule has 2 rings (SSSR count). The van der Waals surface area contributed by atoms with E-state index in [2.05, 4.69) is 14.9 Å². The number of hydrogen-bond acceptors (Lipinski definition) is 4. The zero-order valence-corrected chi connectivity index (χ0v) is 11.4. The molecule has 0 bridgehead atoms. The lowest BCUT2D eigenvalue weighted by atomic mass is 10.1. The van der Waals surface area contributed by atoms with E-state index in [1.54, 1.807) is 30.5 Å². The van der Waals surface area contributed by atoms with Crippen LogP contribution in [0.3, 0.4) is 0 Å². The lowest BCUT2D eigenvalue weighted by Gasteiger charge is -2.13. The summed E-state index contributed by atoms with van der Waals surface area (Å²) >= 11 is 0. The van der Waals surface area contributed by atoms with Crippen molar-refractivity contribution in [3.8, 4) is 11.3 Å². The van der Waals surface area contributed by atoms with Crippen molar-refractivity contribution in [1.29, 1.82) is 0 Å². The van der Waals surface area contributed by atoms with E-state index in [-0.39, 0.29) is 0 Å². The Hall–Kier alpha value is -1.99. The van der Waals surface area contributed by atoms with Crippen LogP contribution in [0.2, 0.25) is 0 Å². The average molecular weight is 278 g/mol. The van der Waals surface area contributed by atoms with Gasteiger partial charge in [0, 0.05) is 25.9 Å². The topological polar surface area (TPSA) is 75.2 Å². The number of hydrogen-bond donors (Lipinski definition) is 1. The molecule has 6 nitrogen and oxygen atoms in total. The van der Waals surface area contributed by atoms with Gasteiger partial charge in [-0.2, -0.15) is 22.9 Å². The lowest BCUT2D eigenvalue weighted by Crippen LogP contribution is -2.28. The fourth-order valence-electron chi connectivity index (χ4n) is 1.44. The highest BCUT2D eigenvalue weighted by Crippen LogP contribution is 2.20. The largest absolute Gasteiger partial charge is 0.301 e. The molecule has 0 aliphatic heterocycles. The molecule has 1 N–H and O–H groups in total. The van der Waals surface area contributed by atoms with Gasteiger partial charge in [0.05, 0.1) is 11.4 Å². The first kappa shape index (κ1) is 13.4. The Balaban J connectivity index is 2.31. The van der Waals surface area contributed by atoms with E-state index in [1.165, 1.54) is 14.1 Å². The fraction of sp³-hybridized carbons (Fsp3) is 0.167. The second-order valence-electron chi connectivity index (χ2n) is 4.08. The van der Waals surface area contributed by atoms with Crippen molar-refractivity contribution in [2.45, 2.75) is 0 Å². The maximum Gasteiger partial charge on any atom is 0.301 e. The monoisotopic (exact) mass is 278 g/mol. The summed E-state index contributed by atoms with van der Waals surface area (Å²) in [4.78, 5) is 0. The van der Waals surface area contributed by atoms with Gasteiger partial charge in [0.25, 0.3) is 0 Å². The van der Waals surface area contributed by atoms with Crippen LogP contribution in [-0.2, 0) is 10.2 Å². The van der Waals surface area contributed by atoms with Crippen molar-refractivity contribution in [3.63, 3.8) is 0 Å². The second kappa shape index (κ2) is 5.33. The molecule has 0 spiro atoms. The maximum absolute atomic E-state index is 11.7. The Bertz CT molecular complexity index is 656. The third-order valence-corrected chi connectivity index (χ3v) is 3.91. The van der Waals surface area contributed by atoms with Crippen molar-refractivity contribution in [2.75, 3.05) is 18.8 Å². The minimum Gasteiger partial charge on any atom is -0.271 e. The highest BCUT2D eigenvalue weighted by Gasteiger charge is 2.13. The Morgan fingerprint density at radius 3 is 2.58 bits per heavy atom. The summed E-state index contributed by atoms with van der Waals surface area (Å²) in [6.07, 6.45) is 1.59. The Kier molecular flexibility index (Phi) is 3.77. The third-order valence-electron chi connectivity index (χ3n) is 2.46. The summed E-state index contributed by atoms with van der Waals surface area (Å²) in [5.74, 6) is 0. The summed E-state index contributed by atoms with van der Waals surface area (Å²) in [7, 11) is -0.569. The molecule has 1 heterocycles. The Morgan fingerprint density at radius 2 is 1.95 bits per heavy atom. The van der Waals surface area contributed by atoms with Crippen molar-refractivity contribution in [1.82, 2.24) is 14.5 Å². The average Bonchev–Trinajstić information content (AvgIpc) is 2.39. The van der Waals surface area contributed by atoms with Crippen LogP contribution in [0.1, 0.15) is 0 Å². The number of nitrogens with zero attached hydrogens (tertiary/aromatic N) is 3. The molecule has 0 aliphatic carbocycles. The molecular formula is C12H14N4O2S. The quantitative estimate of drug-likeness (QED) is 0.916. The number of rotatable bonds is 4. The summed E-state index contributed by atoms with van der Waals surface area (Å²) in [5.41, 5.74) is 1.97. The number of benzene rings is 1. The first-order chi connectivity index (χ1) is 8.99. The van der Waals surface area contributed by atoms with Gasteiger partial charge in [0.15, 0.2) is 0 Å². The Morgan fingerprint density at radius 1 is 1.16 bits per heavy atom. The maximum atomic E-state index is 11.7. The lowest BCUT2D eigenvalue weighted by molar-refractivity contribution is 0.527. The zero-order valence-electron chi connectivity index (χ0n) is 10.6. The molecule has 0 saturated heterocycles. The molecule has 2 aromatic rings. The molecule has 0 radical (unpaired) electrons. The summed E-state index contributed by atoms with van der Waals surface area (Å²) in [6, 6.07) is 10.6. The van der Waals surface area contributed by atoms with Crippen molar-refractivity contribution >= 4 is 15.9 Å². The van der Waals surface area contributed by atoms with E-state index in [1.807, 2.05) is 12.1 Å².